The van der Waals surface area contributed by atoms with Crippen molar-refractivity contribution in [1.29, 1.82) is 0 Å². The van der Waals surface area contributed by atoms with E-state index in [9.17, 15) is 14.4 Å². The Bertz CT molecular complexity index is 947. The number of anilines is 1. The van der Waals surface area contributed by atoms with E-state index in [0.717, 1.165) is 18.4 Å². The predicted molar refractivity (Wildman–Crippen MR) is 134 cm³/mol. The summed E-state index contributed by atoms with van der Waals surface area (Å²) in [5, 5.41) is 5.91. The number of nitrogens with zero attached hydrogens (tertiary/aromatic N) is 1. The van der Waals surface area contributed by atoms with Gasteiger partial charge in [-0.3, -0.25) is 19.4 Å². The van der Waals surface area contributed by atoms with E-state index < -0.39 is 11.5 Å². The molecule has 0 unspecified atom stereocenters. The van der Waals surface area contributed by atoms with Gasteiger partial charge in [0.15, 0.2) is 5.12 Å². The van der Waals surface area contributed by atoms with Crippen LogP contribution in [0.3, 0.4) is 0 Å². The normalized spacial score (nSPS) is 20.8. The molecule has 1 fully saturated rings. The van der Waals surface area contributed by atoms with Crippen LogP contribution in [0, 0.1) is 5.41 Å². The van der Waals surface area contributed by atoms with Gasteiger partial charge in [-0.2, -0.15) is 0 Å². The summed E-state index contributed by atoms with van der Waals surface area (Å²) < 4.78 is 5.77. The molecule has 1 heterocycles. The molecule has 0 bridgehead atoms. The van der Waals surface area contributed by atoms with E-state index in [1.807, 2.05) is 37.3 Å². The summed E-state index contributed by atoms with van der Waals surface area (Å²) in [7, 11) is 0. The van der Waals surface area contributed by atoms with Gasteiger partial charge in [0.25, 0.3) is 0 Å². The molecule has 2 N–H and O–H groups in total. The smallest absolute Gasteiger partial charge is 0.247 e. The molecular weight excluding hydrogens is 450 g/mol. The highest BCUT2D eigenvalue weighted by atomic mass is 32.2. The highest BCUT2D eigenvalue weighted by Gasteiger charge is 2.43. The Morgan fingerprint density at radius 3 is 2.50 bits per heavy atom. The SMILES string of the molecule is CCO[C@H]1CC[C@@](CSC(C)=O)(C(=O)N[C@@H](Cc2cccnc2)C(=O)Nc2ccccc2)CC1. The molecule has 34 heavy (non-hydrogen) atoms. The van der Waals surface area contributed by atoms with Gasteiger partial charge in [-0.05, 0) is 56.4 Å². The number of hydrogen-bond donors (Lipinski definition) is 2. The molecule has 2 aromatic rings. The number of hydrogen-bond acceptors (Lipinski definition) is 6. The molecule has 1 aromatic heterocycles. The van der Waals surface area contributed by atoms with E-state index in [2.05, 4.69) is 15.6 Å². The van der Waals surface area contributed by atoms with Crippen molar-refractivity contribution in [3.8, 4) is 0 Å². The van der Waals surface area contributed by atoms with E-state index in [0.29, 0.717) is 37.3 Å². The lowest BCUT2D eigenvalue weighted by molar-refractivity contribution is -0.136. The number of ether oxygens (including phenoxy) is 1. The zero-order chi connectivity index (χ0) is 24.4. The van der Waals surface area contributed by atoms with Crippen molar-refractivity contribution in [2.24, 2.45) is 5.41 Å². The van der Waals surface area contributed by atoms with Gasteiger partial charge < -0.3 is 15.4 Å². The summed E-state index contributed by atoms with van der Waals surface area (Å²) >= 11 is 1.17. The van der Waals surface area contributed by atoms with Crippen LogP contribution in [0.4, 0.5) is 5.69 Å². The molecule has 1 aromatic carbocycles. The second-order valence-corrected chi connectivity index (χ2v) is 9.81. The van der Waals surface area contributed by atoms with E-state index in [4.69, 9.17) is 4.74 Å². The van der Waals surface area contributed by atoms with Crippen molar-refractivity contribution in [1.82, 2.24) is 10.3 Å². The number of benzene rings is 1. The molecule has 1 aliphatic rings. The van der Waals surface area contributed by atoms with Crippen LogP contribution in [-0.2, 0) is 25.5 Å². The maximum atomic E-state index is 13.7. The predicted octanol–water partition coefficient (Wildman–Crippen LogP) is 3.99. The Morgan fingerprint density at radius 1 is 1.15 bits per heavy atom. The third kappa shape index (κ3) is 7.40. The Kier molecular flexibility index (Phi) is 9.65. The van der Waals surface area contributed by atoms with Gasteiger partial charge in [0.05, 0.1) is 11.5 Å². The molecule has 182 valence electrons. The van der Waals surface area contributed by atoms with Gasteiger partial charge in [0, 0.05) is 43.8 Å². The second kappa shape index (κ2) is 12.7. The number of amides is 2. The van der Waals surface area contributed by atoms with E-state index in [-0.39, 0.29) is 23.0 Å². The first kappa shape index (κ1) is 25.9. The number of pyridine rings is 1. The largest absolute Gasteiger partial charge is 0.379 e. The summed E-state index contributed by atoms with van der Waals surface area (Å²) in [5.41, 5.74) is 0.796. The molecule has 7 nitrogen and oxygen atoms in total. The summed E-state index contributed by atoms with van der Waals surface area (Å²) in [4.78, 5) is 42.8. The lowest BCUT2D eigenvalue weighted by atomic mass is 9.73. The number of aromatic nitrogens is 1. The van der Waals surface area contributed by atoms with Crippen LogP contribution in [-0.4, -0.2) is 46.4 Å². The fourth-order valence-electron chi connectivity index (χ4n) is 4.25. The minimum absolute atomic E-state index is 0.0205. The number of thioether (sulfide) groups is 1. The standard InChI is InChI=1S/C26H33N3O4S/c1-3-33-22-11-13-26(14-12-22,18-34-19(2)30)25(32)29-23(16-20-8-7-15-27-17-20)24(31)28-21-9-5-4-6-10-21/h4-10,15,17,22-23H,3,11-14,16,18H2,1-2H3,(H,28,31)(H,29,32)/t22-,23-,26+/m0/s1. The van der Waals surface area contributed by atoms with Crippen molar-refractivity contribution in [2.75, 3.05) is 17.7 Å². The molecule has 8 heteroatoms. The summed E-state index contributed by atoms with van der Waals surface area (Å²) in [5.74, 6) is -0.0819. The fraction of sp³-hybridized carbons (Fsp3) is 0.462. The zero-order valence-electron chi connectivity index (χ0n) is 19.8. The summed E-state index contributed by atoms with van der Waals surface area (Å²) in [6.45, 7) is 4.12. The van der Waals surface area contributed by atoms with Crippen LogP contribution in [0.1, 0.15) is 45.1 Å². The fourth-order valence-corrected chi connectivity index (χ4v) is 5.15. The molecule has 0 spiro atoms. The summed E-state index contributed by atoms with van der Waals surface area (Å²) in [6.07, 6.45) is 6.55. The Morgan fingerprint density at radius 2 is 1.88 bits per heavy atom. The Hall–Kier alpha value is -2.71. The van der Waals surface area contributed by atoms with Gasteiger partial charge in [0.1, 0.15) is 6.04 Å². The average molecular weight is 484 g/mol. The molecule has 0 saturated heterocycles. The summed E-state index contributed by atoms with van der Waals surface area (Å²) in [6, 6.07) is 12.1. The molecule has 3 rings (SSSR count). The Balaban J connectivity index is 1.79. The lowest BCUT2D eigenvalue weighted by Crippen LogP contribution is -2.53. The quantitative estimate of drug-likeness (QED) is 0.530. The van der Waals surface area contributed by atoms with Crippen LogP contribution in [0.5, 0.6) is 0 Å². The van der Waals surface area contributed by atoms with Gasteiger partial charge in [-0.25, -0.2) is 0 Å². The number of rotatable bonds is 10. The molecule has 0 aliphatic heterocycles. The first-order valence-electron chi connectivity index (χ1n) is 11.7. The van der Waals surface area contributed by atoms with Crippen LogP contribution >= 0.6 is 11.8 Å². The van der Waals surface area contributed by atoms with E-state index >= 15 is 0 Å². The Labute approximate surface area is 205 Å². The number of carbonyl (C=O) groups excluding carboxylic acids is 3. The van der Waals surface area contributed by atoms with Gasteiger partial charge in [0.2, 0.25) is 11.8 Å². The molecule has 1 atom stereocenters. The number of para-hydroxylation sites is 1. The van der Waals surface area contributed by atoms with Crippen LogP contribution in [0.25, 0.3) is 0 Å². The van der Waals surface area contributed by atoms with Crippen molar-refractivity contribution in [3.05, 3.63) is 60.4 Å². The average Bonchev–Trinajstić information content (AvgIpc) is 2.84. The second-order valence-electron chi connectivity index (χ2n) is 8.66. The number of carbonyl (C=O) groups is 3. The first-order valence-corrected chi connectivity index (χ1v) is 12.7. The zero-order valence-corrected chi connectivity index (χ0v) is 20.6. The molecule has 2 amide bonds. The lowest BCUT2D eigenvalue weighted by Gasteiger charge is -2.39. The van der Waals surface area contributed by atoms with Gasteiger partial charge >= 0.3 is 0 Å². The van der Waals surface area contributed by atoms with E-state index in [1.165, 1.54) is 18.7 Å². The minimum atomic E-state index is -0.777. The van der Waals surface area contributed by atoms with Crippen LogP contribution in [0.2, 0.25) is 0 Å². The number of nitrogens with one attached hydrogen (secondary N) is 2. The van der Waals surface area contributed by atoms with E-state index in [1.54, 1.807) is 24.5 Å². The highest BCUT2D eigenvalue weighted by molar-refractivity contribution is 8.13. The monoisotopic (exact) mass is 483 g/mol. The first-order chi connectivity index (χ1) is 16.4. The van der Waals surface area contributed by atoms with Gasteiger partial charge in [-0.15, -0.1) is 0 Å². The van der Waals surface area contributed by atoms with Crippen LogP contribution in [0.15, 0.2) is 54.9 Å². The molecular formula is C26H33N3O4S. The molecule has 1 aliphatic carbocycles. The van der Waals surface area contributed by atoms with Crippen LogP contribution < -0.4 is 10.6 Å². The van der Waals surface area contributed by atoms with Crippen molar-refractivity contribution in [2.45, 2.75) is 58.1 Å². The topological polar surface area (TPSA) is 97.4 Å². The van der Waals surface area contributed by atoms with Crippen molar-refractivity contribution < 1.29 is 19.1 Å². The maximum Gasteiger partial charge on any atom is 0.247 e. The van der Waals surface area contributed by atoms with Gasteiger partial charge in [-0.1, -0.05) is 36.0 Å². The maximum absolute atomic E-state index is 13.7. The molecule has 1 saturated carbocycles. The third-order valence-corrected chi connectivity index (χ3v) is 7.25. The molecule has 0 radical (unpaired) electrons. The van der Waals surface area contributed by atoms with Crippen molar-refractivity contribution in [3.63, 3.8) is 0 Å². The highest BCUT2D eigenvalue weighted by Crippen LogP contribution is 2.40. The third-order valence-electron chi connectivity index (χ3n) is 6.15. The minimum Gasteiger partial charge on any atom is -0.379 e. The van der Waals surface area contributed by atoms with Crippen molar-refractivity contribution >= 4 is 34.4 Å².